The van der Waals surface area contributed by atoms with Crippen molar-refractivity contribution in [2.24, 2.45) is 0 Å². The maximum atomic E-state index is 12.1. The van der Waals surface area contributed by atoms with Gasteiger partial charge >= 0.3 is 0 Å². The minimum absolute atomic E-state index is 0.158. The Morgan fingerprint density at radius 2 is 1.91 bits per heavy atom. The Morgan fingerprint density at radius 3 is 2.55 bits per heavy atom. The fourth-order valence-corrected chi connectivity index (χ4v) is 2.35. The highest BCUT2D eigenvalue weighted by Gasteiger charge is 2.07. The molecule has 2 aromatic carbocycles. The molecule has 0 saturated heterocycles. The quantitative estimate of drug-likeness (QED) is 0.828. The van der Waals surface area contributed by atoms with Gasteiger partial charge in [0, 0.05) is 35.6 Å². The molecule has 0 aliphatic heterocycles. The van der Waals surface area contributed by atoms with Gasteiger partial charge in [0.25, 0.3) is 5.91 Å². The van der Waals surface area contributed by atoms with E-state index in [1.54, 1.807) is 24.3 Å². The van der Waals surface area contributed by atoms with E-state index in [4.69, 9.17) is 11.6 Å². The van der Waals surface area contributed by atoms with Crippen LogP contribution in [0.15, 0.2) is 48.5 Å². The SMILES string of the molecule is CCCCN(C)c1ccc(NC(=O)c2cccc(Cl)c2)cc1. The molecular formula is C18H21ClN2O. The number of hydrogen-bond donors (Lipinski definition) is 1. The van der Waals surface area contributed by atoms with Crippen molar-refractivity contribution >= 4 is 28.9 Å². The van der Waals surface area contributed by atoms with Gasteiger partial charge in [-0.15, -0.1) is 0 Å². The number of anilines is 2. The number of carbonyl (C=O) groups is 1. The largest absolute Gasteiger partial charge is 0.375 e. The fourth-order valence-electron chi connectivity index (χ4n) is 2.16. The summed E-state index contributed by atoms with van der Waals surface area (Å²) < 4.78 is 0. The van der Waals surface area contributed by atoms with Crippen molar-refractivity contribution in [2.75, 3.05) is 23.8 Å². The van der Waals surface area contributed by atoms with E-state index in [1.165, 1.54) is 12.8 Å². The van der Waals surface area contributed by atoms with E-state index < -0.39 is 0 Å². The number of rotatable bonds is 6. The summed E-state index contributed by atoms with van der Waals surface area (Å²) in [5.74, 6) is -0.158. The van der Waals surface area contributed by atoms with Crippen molar-refractivity contribution in [2.45, 2.75) is 19.8 Å². The number of benzene rings is 2. The van der Waals surface area contributed by atoms with Gasteiger partial charge in [-0.25, -0.2) is 0 Å². The third kappa shape index (κ3) is 4.50. The Bertz CT molecular complexity index is 625. The Hall–Kier alpha value is -2.00. The molecule has 2 aromatic rings. The highest BCUT2D eigenvalue weighted by molar-refractivity contribution is 6.31. The third-order valence-electron chi connectivity index (χ3n) is 3.50. The number of nitrogens with zero attached hydrogens (tertiary/aromatic N) is 1. The number of unbranched alkanes of at least 4 members (excludes halogenated alkanes) is 1. The molecule has 0 radical (unpaired) electrons. The second kappa shape index (κ2) is 7.85. The molecule has 0 bridgehead atoms. The van der Waals surface area contributed by atoms with E-state index in [0.717, 1.165) is 17.9 Å². The Kier molecular flexibility index (Phi) is 5.84. The molecule has 0 spiro atoms. The van der Waals surface area contributed by atoms with Gasteiger partial charge in [-0.05, 0) is 48.9 Å². The average Bonchev–Trinajstić information content (AvgIpc) is 2.53. The van der Waals surface area contributed by atoms with Gasteiger partial charge in [0.15, 0.2) is 0 Å². The second-order valence-electron chi connectivity index (χ2n) is 5.29. The van der Waals surface area contributed by atoms with Crippen LogP contribution in [-0.4, -0.2) is 19.5 Å². The van der Waals surface area contributed by atoms with Gasteiger partial charge in [-0.1, -0.05) is 31.0 Å². The monoisotopic (exact) mass is 316 g/mol. The molecule has 2 rings (SSSR count). The predicted octanol–water partition coefficient (Wildman–Crippen LogP) is 4.83. The average molecular weight is 317 g/mol. The maximum absolute atomic E-state index is 12.1. The minimum atomic E-state index is -0.158. The molecule has 0 aromatic heterocycles. The van der Waals surface area contributed by atoms with E-state index in [-0.39, 0.29) is 5.91 Å². The van der Waals surface area contributed by atoms with Crippen LogP contribution in [0.2, 0.25) is 5.02 Å². The molecule has 22 heavy (non-hydrogen) atoms. The molecule has 0 heterocycles. The van der Waals surface area contributed by atoms with Crippen molar-refractivity contribution in [1.29, 1.82) is 0 Å². The normalized spacial score (nSPS) is 10.3. The van der Waals surface area contributed by atoms with Crippen molar-refractivity contribution in [3.05, 3.63) is 59.1 Å². The van der Waals surface area contributed by atoms with E-state index in [2.05, 4.69) is 24.2 Å². The molecule has 0 fully saturated rings. The van der Waals surface area contributed by atoms with E-state index in [9.17, 15) is 4.79 Å². The first-order valence-electron chi connectivity index (χ1n) is 7.48. The fraction of sp³-hybridized carbons (Fsp3) is 0.278. The Balaban J connectivity index is 2.00. The lowest BCUT2D eigenvalue weighted by molar-refractivity contribution is 0.102. The summed E-state index contributed by atoms with van der Waals surface area (Å²) in [6.45, 7) is 3.22. The van der Waals surface area contributed by atoms with Gasteiger partial charge in [0.2, 0.25) is 0 Å². The lowest BCUT2D eigenvalue weighted by atomic mass is 10.2. The zero-order chi connectivity index (χ0) is 15.9. The van der Waals surface area contributed by atoms with Gasteiger partial charge in [-0.2, -0.15) is 0 Å². The first-order chi connectivity index (χ1) is 10.6. The second-order valence-corrected chi connectivity index (χ2v) is 5.72. The molecule has 0 aliphatic carbocycles. The van der Waals surface area contributed by atoms with Crippen LogP contribution in [0.3, 0.4) is 0 Å². The summed E-state index contributed by atoms with van der Waals surface area (Å²) in [5, 5.41) is 3.43. The molecule has 1 N–H and O–H groups in total. The van der Waals surface area contributed by atoms with Gasteiger partial charge in [0.05, 0.1) is 0 Å². The lowest BCUT2D eigenvalue weighted by Crippen LogP contribution is -2.18. The van der Waals surface area contributed by atoms with Gasteiger partial charge in [-0.3, -0.25) is 4.79 Å². The minimum Gasteiger partial charge on any atom is -0.375 e. The van der Waals surface area contributed by atoms with E-state index in [0.29, 0.717) is 10.6 Å². The van der Waals surface area contributed by atoms with E-state index in [1.807, 2.05) is 24.3 Å². The van der Waals surface area contributed by atoms with Gasteiger partial charge < -0.3 is 10.2 Å². The molecular weight excluding hydrogens is 296 g/mol. The highest BCUT2D eigenvalue weighted by Crippen LogP contribution is 2.18. The zero-order valence-electron chi connectivity index (χ0n) is 13.0. The smallest absolute Gasteiger partial charge is 0.255 e. The first-order valence-corrected chi connectivity index (χ1v) is 7.86. The summed E-state index contributed by atoms with van der Waals surface area (Å²) in [6.07, 6.45) is 2.35. The van der Waals surface area contributed by atoms with Crippen molar-refractivity contribution in [3.63, 3.8) is 0 Å². The van der Waals surface area contributed by atoms with Crippen LogP contribution in [-0.2, 0) is 0 Å². The van der Waals surface area contributed by atoms with Crippen LogP contribution in [0.1, 0.15) is 30.1 Å². The van der Waals surface area contributed by atoms with E-state index >= 15 is 0 Å². The summed E-state index contributed by atoms with van der Waals surface area (Å²) in [6, 6.07) is 14.8. The van der Waals surface area contributed by atoms with Crippen LogP contribution < -0.4 is 10.2 Å². The number of carbonyl (C=O) groups excluding carboxylic acids is 1. The van der Waals surface area contributed by atoms with Crippen molar-refractivity contribution in [3.8, 4) is 0 Å². The van der Waals surface area contributed by atoms with Crippen LogP contribution in [0, 0.1) is 0 Å². The van der Waals surface area contributed by atoms with Crippen LogP contribution >= 0.6 is 11.6 Å². The molecule has 0 atom stereocenters. The van der Waals surface area contributed by atoms with Gasteiger partial charge in [0.1, 0.15) is 0 Å². The third-order valence-corrected chi connectivity index (χ3v) is 3.73. The summed E-state index contributed by atoms with van der Waals surface area (Å²) in [7, 11) is 2.08. The molecule has 0 aliphatic rings. The lowest BCUT2D eigenvalue weighted by Gasteiger charge is -2.19. The maximum Gasteiger partial charge on any atom is 0.255 e. The van der Waals surface area contributed by atoms with Crippen molar-refractivity contribution in [1.82, 2.24) is 0 Å². The number of nitrogens with one attached hydrogen (secondary N) is 1. The molecule has 0 saturated carbocycles. The topological polar surface area (TPSA) is 32.3 Å². The Labute approximate surface area is 136 Å². The predicted molar refractivity (Wildman–Crippen MR) is 94.0 cm³/mol. The number of amides is 1. The Morgan fingerprint density at radius 1 is 1.18 bits per heavy atom. The molecule has 4 heteroatoms. The first kappa shape index (κ1) is 16.4. The molecule has 3 nitrogen and oxygen atoms in total. The molecule has 0 unspecified atom stereocenters. The van der Waals surface area contributed by atoms with Crippen molar-refractivity contribution < 1.29 is 4.79 Å². The molecule has 116 valence electrons. The standard InChI is InChI=1S/C18H21ClN2O/c1-3-4-12-21(2)17-10-8-16(9-11-17)20-18(22)14-6-5-7-15(19)13-14/h5-11,13H,3-4,12H2,1-2H3,(H,20,22). The summed E-state index contributed by atoms with van der Waals surface area (Å²) >= 11 is 5.90. The van der Waals surface area contributed by atoms with Crippen LogP contribution in [0.25, 0.3) is 0 Å². The highest BCUT2D eigenvalue weighted by atomic mass is 35.5. The molecule has 1 amide bonds. The summed E-state index contributed by atoms with van der Waals surface area (Å²) in [4.78, 5) is 14.4. The van der Waals surface area contributed by atoms with Crippen LogP contribution in [0.4, 0.5) is 11.4 Å². The zero-order valence-corrected chi connectivity index (χ0v) is 13.7. The number of hydrogen-bond acceptors (Lipinski definition) is 2. The summed E-state index contributed by atoms with van der Waals surface area (Å²) in [5.41, 5.74) is 2.48. The van der Waals surface area contributed by atoms with Crippen LogP contribution in [0.5, 0.6) is 0 Å². The number of halogens is 1.